The van der Waals surface area contributed by atoms with Gasteiger partial charge in [0.15, 0.2) is 6.29 Å². The second-order valence-corrected chi connectivity index (χ2v) is 15.0. The molecule has 15 atom stereocenters. The van der Waals surface area contributed by atoms with Crippen molar-refractivity contribution in [1.82, 2.24) is 5.32 Å². The van der Waals surface area contributed by atoms with E-state index in [9.17, 15) is 25.2 Å². The molecule has 0 aromatic heterocycles. The molecule has 0 spiro atoms. The van der Waals surface area contributed by atoms with E-state index in [4.69, 9.17) is 23.8 Å². The average Bonchev–Trinajstić information content (AvgIpc) is 3.52. The van der Waals surface area contributed by atoms with Crippen molar-refractivity contribution in [3.63, 3.8) is 0 Å². The van der Waals surface area contributed by atoms with Crippen LogP contribution in [0.1, 0.15) is 94.9 Å². The number of carbonyl (C=O) groups excluding carboxylic acids is 1. The van der Waals surface area contributed by atoms with Gasteiger partial charge in [-0.25, -0.2) is 0 Å². The lowest BCUT2D eigenvalue weighted by Crippen LogP contribution is -2.58. The van der Waals surface area contributed by atoms with Crippen LogP contribution in [0.4, 0.5) is 0 Å². The minimum absolute atomic E-state index is 0.119. The number of aliphatic hydroxyl groups is 4. The van der Waals surface area contributed by atoms with E-state index in [0.29, 0.717) is 12.3 Å². The van der Waals surface area contributed by atoms with Gasteiger partial charge in [0.05, 0.1) is 41.1 Å². The van der Waals surface area contributed by atoms with Gasteiger partial charge in [0, 0.05) is 38.3 Å². The molecule has 0 radical (unpaired) electrons. The smallest absolute Gasteiger partial charge is 0.311 e. The Kier molecular flexibility index (Phi) is 13.1. The first-order chi connectivity index (χ1) is 21.3. The summed E-state index contributed by atoms with van der Waals surface area (Å²) in [7, 11) is 1.53. The summed E-state index contributed by atoms with van der Waals surface area (Å²) >= 11 is 0. The van der Waals surface area contributed by atoms with E-state index in [1.807, 2.05) is 20.8 Å². The van der Waals surface area contributed by atoms with Crippen LogP contribution in [0.25, 0.3) is 0 Å². The second-order valence-electron chi connectivity index (χ2n) is 15.0. The zero-order chi connectivity index (χ0) is 34.8. The fourth-order valence-electron chi connectivity index (χ4n) is 7.56. The number of oxime groups is 1. The van der Waals surface area contributed by atoms with E-state index in [0.717, 1.165) is 13.0 Å². The highest BCUT2D eigenvalue weighted by Crippen LogP contribution is 2.40. The minimum atomic E-state index is -1.83. The molecule has 46 heavy (non-hydrogen) atoms. The Morgan fingerprint density at radius 3 is 2.22 bits per heavy atom. The van der Waals surface area contributed by atoms with Crippen molar-refractivity contribution >= 4 is 11.7 Å². The molecule has 5 N–H and O–H groups in total. The summed E-state index contributed by atoms with van der Waals surface area (Å²) in [6.45, 7) is 19.3. The molecule has 3 aliphatic heterocycles. The van der Waals surface area contributed by atoms with Crippen molar-refractivity contribution < 1.29 is 49.0 Å². The predicted octanol–water partition coefficient (Wildman–Crippen LogP) is 2.78. The molecule has 1 unspecified atom stereocenters. The van der Waals surface area contributed by atoms with Crippen LogP contribution in [0.2, 0.25) is 0 Å². The largest absolute Gasteiger partial charge is 0.459 e. The van der Waals surface area contributed by atoms with E-state index in [1.165, 1.54) is 14.0 Å². The van der Waals surface area contributed by atoms with Crippen molar-refractivity contribution in [2.45, 2.75) is 155 Å². The van der Waals surface area contributed by atoms with Gasteiger partial charge in [-0.3, -0.25) is 4.79 Å². The quantitative estimate of drug-likeness (QED) is 0.210. The van der Waals surface area contributed by atoms with E-state index in [2.05, 4.69) is 10.5 Å². The van der Waals surface area contributed by atoms with Crippen molar-refractivity contribution in [3.8, 4) is 0 Å². The molecular weight excluding hydrogens is 596 g/mol. The number of aliphatic hydroxyl groups excluding tert-OH is 2. The number of carbonyl (C=O) groups is 1. The molecule has 3 fully saturated rings. The number of nitrogens with zero attached hydrogens (tertiary/aromatic N) is 1. The summed E-state index contributed by atoms with van der Waals surface area (Å²) in [5, 5.41) is 54.0. The van der Waals surface area contributed by atoms with Crippen LogP contribution in [0.15, 0.2) is 5.16 Å². The van der Waals surface area contributed by atoms with Gasteiger partial charge >= 0.3 is 5.97 Å². The van der Waals surface area contributed by atoms with Crippen LogP contribution in [0, 0.1) is 29.6 Å². The zero-order valence-corrected chi connectivity index (χ0v) is 29.9. The molecule has 12 heteroatoms. The number of esters is 1. The lowest BCUT2D eigenvalue weighted by molar-refractivity contribution is -0.298. The van der Waals surface area contributed by atoms with Gasteiger partial charge in [-0.1, -0.05) is 39.8 Å². The topological polar surface area (TPSA) is 169 Å². The number of cyclic esters (lactones) is 1. The highest BCUT2D eigenvalue weighted by atomic mass is 16.7. The van der Waals surface area contributed by atoms with Crippen molar-refractivity contribution in [1.29, 1.82) is 0 Å². The standard InChI is InChI=1S/C34H62N2O10/c1-12-25-34(10,41)29(37)20(4)27(36-46-24-13-14-35-17-24)18(2)15-32(8,40)22(6)19(3)28(21(5)31(39)44-25)45-26-16-33(9,42-11)30(38)23(7)43-26/h18-26,28-30,35,37-38,40-41H,12-17H2,1-11H3/t18-,19-,20+,21-,22-,23+,24?,25-,26+,28+,29+,30+,32-,33-,34-/m1/s1. The zero-order valence-electron chi connectivity index (χ0n) is 29.9. The minimum Gasteiger partial charge on any atom is -0.459 e. The van der Waals surface area contributed by atoms with Gasteiger partial charge in [0.25, 0.3) is 0 Å². The van der Waals surface area contributed by atoms with Crippen molar-refractivity contribution in [2.24, 2.45) is 34.7 Å². The summed E-state index contributed by atoms with van der Waals surface area (Å²) in [4.78, 5) is 19.8. The maximum Gasteiger partial charge on any atom is 0.311 e. The van der Waals surface area contributed by atoms with Crippen molar-refractivity contribution in [2.75, 3.05) is 20.2 Å². The summed E-state index contributed by atoms with van der Waals surface area (Å²) < 4.78 is 24.3. The summed E-state index contributed by atoms with van der Waals surface area (Å²) in [6, 6.07) is 0. The number of nitrogens with one attached hydrogen (secondary N) is 1. The van der Waals surface area contributed by atoms with Gasteiger partial charge < -0.3 is 49.5 Å². The summed E-state index contributed by atoms with van der Waals surface area (Å²) in [6.07, 6.45) is -4.04. The lowest BCUT2D eigenvalue weighted by Gasteiger charge is -2.47. The monoisotopic (exact) mass is 658 g/mol. The third-order valence-electron chi connectivity index (χ3n) is 11.3. The first kappa shape index (κ1) is 39.1. The van der Waals surface area contributed by atoms with Crippen LogP contribution in [0.5, 0.6) is 0 Å². The number of hydrogen-bond donors (Lipinski definition) is 5. The van der Waals surface area contributed by atoms with E-state index >= 15 is 0 Å². The van der Waals surface area contributed by atoms with Crippen LogP contribution >= 0.6 is 0 Å². The van der Waals surface area contributed by atoms with Crippen LogP contribution in [-0.2, 0) is 28.6 Å². The molecule has 12 nitrogen and oxygen atoms in total. The molecule has 3 saturated heterocycles. The Bertz CT molecular complexity index is 1030. The van der Waals surface area contributed by atoms with E-state index < -0.39 is 71.4 Å². The van der Waals surface area contributed by atoms with Crippen molar-refractivity contribution in [3.05, 3.63) is 0 Å². The SMILES string of the molecule is CC[C@H]1OC(=O)[C@H](C)[C@@H](O[C@H]2C[C@@](C)(OC)[C@@H](O)[C@H](C)O2)[C@H](C)[C@@H](C)[C@](C)(O)C[C@@H](C)C(=NOC2CCNC2)[C@H](C)[C@H](O)[C@]1(C)O. The van der Waals surface area contributed by atoms with Gasteiger partial charge in [-0.2, -0.15) is 0 Å². The molecule has 0 bridgehead atoms. The molecule has 0 amide bonds. The van der Waals surface area contributed by atoms with Crippen LogP contribution in [-0.4, -0.2) is 112 Å². The maximum absolute atomic E-state index is 13.8. The Labute approximate surface area is 275 Å². The highest BCUT2D eigenvalue weighted by molar-refractivity contribution is 5.88. The molecule has 3 aliphatic rings. The van der Waals surface area contributed by atoms with Crippen LogP contribution in [0.3, 0.4) is 0 Å². The predicted molar refractivity (Wildman–Crippen MR) is 173 cm³/mol. The molecule has 3 heterocycles. The average molecular weight is 659 g/mol. The Hall–Kier alpha value is -1.38. The fourth-order valence-corrected chi connectivity index (χ4v) is 7.56. The molecule has 3 rings (SSSR count). The molecule has 0 aromatic rings. The molecule has 268 valence electrons. The number of methoxy groups -OCH3 is 1. The first-order valence-electron chi connectivity index (χ1n) is 17.1. The molecule has 0 aliphatic carbocycles. The van der Waals surface area contributed by atoms with Crippen LogP contribution < -0.4 is 5.32 Å². The van der Waals surface area contributed by atoms with E-state index in [1.54, 1.807) is 41.5 Å². The molecular formula is C34H62N2O10. The number of rotatable bonds is 6. The Morgan fingerprint density at radius 2 is 1.65 bits per heavy atom. The number of hydrogen-bond acceptors (Lipinski definition) is 12. The van der Waals surface area contributed by atoms with Gasteiger partial charge in [0.1, 0.15) is 23.9 Å². The van der Waals surface area contributed by atoms with Gasteiger partial charge in [-0.15, -0.1) is 0 Å². The summed E-state index contributed by atoms with van der Waals surface area (Å²) in [5.74, 6) is -3.22. The van der Waals surface area contributed by atoms with Gasteiger partial charge in [-0.05, 0) is 65.8 Å². The Balaban J connectivity index is 2.05. The third-order valence-corrected chi connectivity index (χ3v) is 11.3. The summed E-state index contributed by atoms with van der Waals surface area (Å²) in [5.41, 5.74) is -3.52. The lowest BCUT2D eigenvalue weighted by atomic mass is 9.70. The molecule has 0 saturated carbocycles. The molecule has 0 aromatic carbocycles. The van der Waals surface area contributed by atoms with Gasteiger partial charge in [0.2, 0.25) is 0 Å². The maximum atomic E-state index is 13.8. The first-order valence-corrected chi connectivity index (χ1v) is 17.1. The number of ether oxygens (including phenoxy) is 4. The second kappa shape index (κ2) is 15.4. The highest BCUT2D eigenvalue weighted by Gasteiger charge is 2.51. The van der Waals surface area contributed by atoms with E-state index in [-0.39, 0.29) is 43.1 Å². The Morgan fingerprint density at radius 1 is 1.00 bits per heavy atom. The fraction of sp³-hybridized carbons (Fsp3) is 0.941. The normalized spacial score (nSPS) is 49.4. The third kappa shape index (κ3) is 8.42.